The SMILES string of the molecule is CC(C)CCN1C(=O)C(C)NC1c1ccc(F)cc1F. The summed E-state index contributed by atoms with van der Waals surface area (Å²) in [5, 5.41) is 3.07. The Bertz CT molecular complexity index is 505. The van der Waals surface area contributed by atoms with Crippen LogP contribution < -0.4 is 5.32 Å². The van der Waals surface area contributed by atoms with E-state index in [1.165, 1.54) is 12.1 Å². The molecule has 1 heterocycles. The van der Waals surface area contributed by atoms with Crippen LogP contribution in [0.3, 0.4) is 0 Å². The van der Waals surface area contributed by atoms with E-state index in [9.17, 15) is 13.6 Å². The molecule has 0 radical (unpaired) electrons. The molecule has 2 rings (SSSR count). The van der Waals surface area contributed by atoms with Gasteiger partial charge in [0.25, 0.3) is 0 Å². The van der Waals surface area contributed by atoms with E-state index in [0.29, 0.717) is 18.0 Å². The first-order chi connectivity index (χ1) is 9.40. The molecule has 2 unspecified atom stereocenters. The molecule has 2 atom stereocenters. The highest BCUT2D eigenvalue weighted by atomic mass is 19.1. The Morgan fingerprint density at radius 1 is 1.35 bits per heavy atom. The van der Waals surface area contributed by atoms with Crippen molar-refractivity contribution >= 4 is 5.91 Å². The molecule has 3 nitrogen and oxygen atoms in total. The largest absolute Gasteiger partial charge is 0.321 e. The Hall–Kier alpha value is -1.49. The summed E-state index contributed by atoms with van der Waals surface area (Å²) in [6, 6.07) is 3.12. The Labute approximate surface area is 118 Å². The van der Waals surface area contributed by atoms with Crippen LogP contribution >= 0.6 is 0 Å². The Balaban J connectivity index is 2.25. The fourth-order valence-electron chi connectivity index (χ4n) is 2.39. The smallest absolute Gasteiger partial charge is 0.241 e. The normalized spacial score (nSPS) is 22.9. The van der Waals surface area contributed by atoms with E-state index in [-0.39, 0.29) is 11.9 Å². The summed E-state index contributed by atoms with van der Waals surface area (Å²) in [5.74, 6) is -0.826. The average molecular weight is 282 g/mol. The lowest BCUT2D eigenvalue weighted by atomic mass is 10.1. The summed E-state index contributed by atoms with van der Waals surface area (Å²) in [7, 11) is 0. The molecule has 0 bridgehead atoms. The third-order valence-corrected chi connectivity index (χ3v) is 3.58. The molecule has 1 aliphatic rings. The van der Waals surface area contributed by atoms with E-state index in [4.69, 9.17) is 0 Å². The quantitative estimate of drug-likeness (QED) is 0.921. The highest BCUT2D eigenvalue weighted by Crippen LogP contribution is 2.28. The molecule has 1 aromatic carbocycles. The van der Waals surface area contributed by atoms with Crippen LogP contribution in [0.1, 0.15) is 38.9 Å². The van der Waals surface area contributed by atoms with Gasteiger partial charge in [-0.25, -0.2) is 8.78 Å². The number of hydrogen-bond donors (Lipinski definition) is 1. The van der Waals surface area contributed by atoms with Crippen LogP contribution in [0.5, 0.6) is 0 Å². The molecule has 1 N–H and O–H groups in total. The second kappa shape index (κ2) is 5.87. The summed E-state index contributed by atoms with van der Waals surface area (Å²) in [4.78, 5) is 13.8. The minimum Gasteiger partial charge on any atom is -0.321 e. The molecule has 0 saturated carbocycles. The highest BCUT2D eigenvalue weighted by Gasteiger charge is 2.37. The van der Waals surface area contributed by atoms with Crippen molar-refractivity contribution in [2.45, 2.75) is 39.4 Å². The summed E-state index contributed by atoms with van der Waals surface area (Å²) in [5.41, 5.74) is 0.313. The summed E-state index contributed by atoms with van der Waals surface area (Å²) >= 11 is 0. The van der Waals surface area contributed by atoms with Crippen LogP contribution in [0.15, 0.2) is 18.2 Å². The topological polar surface area (TPSA) is 32.3 Å². The Morgan fingerprint density at radius 3 is 2.65 bits per heavy atom. The molecular weight excluding hydrogens is 262 g/mol. The zero-order chi connectivity index (χ0) is 14.9. The van der Waals surface area contributed by atoms with E-state index in [0.717, 1.165) is 12.5 Å². The molecule has 1 saturated heterocycles. The molecule has 1 aromatic rings. The number of rotatable bonds is 4. The van der Waals surface area contributed by atoms with Gasteiger partial charge in [-0.05, 0) is 31.4 Å². The molecular formula is C15H20F2N2O. The van der Waals surface area contributed by atoms with Crippen molar-refractivity contribution in [3.8, 4) is 0 Å². The molecule has 1 fully saturated rings. The lowest BCUT2D eigenvalue weighted by molar-refractivity contribution is -0.130. The van der Waals surface area contributed by atoms with Crippen LogP contribution in [-0.2, 0) is 4.79 Å². The van der Waals surface area contributed by atoms with E-state index in [2.05, 4.69) is 19.2 Å². The lowest BCUT2D eigenvalue weighted by Crippen LogP contribution is -2.32. The number of benzene rings is 1. The van der Waals surface area contributed by atoms with Gasteiger partial charge >= 0.3 is 0 Å². The van der Waals surface area contributed by atoms with Gasteiger partial charge in [-0.3, -0.25) is 10.1 Å². The predicted octanol–water partition coefficient (Wildman–Crippen LogP) is 2.83. The Kier molecular flexibility index (Phi) is 4.38. The number of halogens is 2. The van der Waals surface area contributed by atoms with Crippen LogP contribution in [-0.4, -0.2) is 23.4 Å². The third kappa shape index (κ3) is 2.98. The van der Waals surface area contributed by atoms with Crippen molar-refractivity contribution < 1.29 is 13.6 Å². The summed E-state index contributed by atoms with van der Waals surface area (Å²) in [6.07, 6.45) is 0.330. The van der Waals surface area contributed by atoms with Crippen molar-refractivity contribution in [1.29, 1.82) is 0 Å². The van der Waals surface area contributed by atoms with Crippen LogP contribution in [0, 0.1) is 17.6 Å². The van der Waals surface area contributed by atoms with E-state index in [1.54, 1.807) is 11.8 Å². The molecule has 1 amide bonds. The van der Waals surface area contributed by atoms with Crippen molar-refractivity contribution in [3.63, 3.8) is 0 Å². The van der Waals surface area contributed by atoms with Gasteiger partial charge in [-0.1, -0.05) is 13.8 Å². The van der Waals surface area contributed by atoms with Gasteiger partial charge in [0.15, 0.2) is 0 Å². The number of carbonyl (C=O) groups is 1. The third-order valence-electron chi connectivity index (χ3n) is 3.58. The number of carbonyl (C=O) groups excluding carboxylic acids is 1. The number of nitrogens with zero attached hydrogens (tertiary/aromatic N) is 1. The van der Waals surface area contributed by atoms with Crippen molar-refractivity contribution in [1.82, 2.24) is 10.2 Å². The fourth-order valence-corrected chi connectivity index (χ4v) is 2.39. The molecule has 0 aliphatic carbocycles. The van der Waals surface area contributed by atoms with Gasteiger partial charge in [-0.2, -0.15) is 0 Å². The van der Waals surface area contributed by atoms with Crippen LogP contribution in [0.2, 0.25) is 0 Å². The first-order valence-electron chi connectivity index (χ1n) is 6.91. The van der Waals surface area contributed by atoms with E-state index in [1.807, 2.05) is 0 Å². The van der Waals surface area contributed by atoms with Gasteiger partial charge < -0.3 is 4.90 Å². The van der Waals surface area contributed by atoms with Crippen molar-refractivity contribution in [2.75, 3.05) is 6.54 Å². The van der Waals surface area contributed by atoms with Gasteiger partial charge in [0.2, 0.25) is 5.91 Å². The molecule has 0 aromatic heterocycles. The molecule has 110 valence electrons. The van der Waals surface area contributed by atoms with Crippen LogP contribution in [0.25, 0.3) is 0 Å². The van der Waals surface area contributed by atoms with Crippen molar-refractivity contribution in [2.24, 2.45) is 5.92 Å². The Morgan fingerprint density at radius 2 is 2.05 bits per heavy atom. The predicted molar refractivity (Wildman–Crippen MR) is 72.9 cm³/mol. The van der Waals surface area contributed by atoms with Gasteiger partial charge in [-0.15, -0.1) is 0 Å². The summed E-state index contributed by atoms with van der Waals surface area (Å²) < 4.78 is 26.9. The number of nitrogens with one attached hydrogen (secondary N) is 1. The molecule has 1 aliphatic heterocycles. The zero-order valence-corrected chi connectivity index (χ0v) is 12.0. The number of hydrogen-bond acceptors (Lipinski definition) is 2. The second-order valence-corrected chi connectivity index (χ2v) is 5.67. The first kappa shape index (κ1) is 14.9. The maximum absolute atomic E-state index is 13.9. The molecule has 0 spiro atoms. The van der Waals surface area contributed by atoms with E-state index >= 15 is 0 Å². The minimum absolute atomic E-state index is 0.0422. The standard InChI is InChI=1S/C15H20F2N2O/c1-9(2)6-7-19-14(18-10(3)15(19)20)12-5-4-11(16)8-13(12)17/h4-5,8-10,14,18H,6-7H2,1-3H3. The monoisotopic (exact) mass is 282 g/mol. The molecule has 5 heteroatoms. The first-order valence-corrected chi connectivity index (χ1v) is 6.91. The summed E-state index contributed by atoms with van der Waals surface area (Å²) in [6.45, 7) is 6.47. The maximum atomic E-state index is 13.9. The molecule has 20 heavy (non-hydrogen) atoms. The lowest BCUT2D eigenvalue weighted by Gasteiger charge is -2.25. The van der Waals surface area contributed by atoms with Gasteiger partial charge in [0.1, 0.15) is 17.8 Å². The van der Waals surface area contributed by atoms with Gasteiger partial charge in [0, 0.05) is 18.2 Å². The van der Waals surface area contributed by atoms with E-state index < -0.39 is 17.8 Å². The van der Waals surface area contributed by atoms with Gasteiger partial charge in [0.05, 0.1) is 6.04 Å². The second-order valence-electron chi connectivity index (χ2n) is 5.67. The van der Waals surface area contributed by atoms with Crippen LogP contribution in [0.4, 0.5) is 8.78 Å². The fraction of sp³-hybridized carbons (Fsp3) is 0.533. The maximum Gasteiger partial charge on any atom is 0.241 e. The number of amides is 1. The average Bonchev–Trinajstić information content (AvgIpc) is 2.63. The highest BCUT2D eigenvalue weighted by molar-refractivity contribution is 5.84. The minimum atomic E-state index is -0.626. The zero-order valence-electron chi connectivity index (χ0n) is 12.0. The van der Waals surface area contributed by atoms with Crippen molar-refractivity contribution in [3.05, 3.63) is 35.4 Å².